The van der Waals surface area contributed by atoms with Crippen LogP contribution in [0.25, 0.3) is 0 Å². The quantitative estimate of drug-likeness (QED) is 0.684. The minimum absolute atomic E-state index is 0.00135. The number of ketones is 1. The smallest absolute Gasteiger partial charge is 0.173 e. The summed E-state index contributed by atoms with van der Waals surface area (Å²) in [6, 6.07) is 4.11. The maximum Gasteiger partial charge on any atom is 0.173 e. The average molecular weight is 232 g/mol. The van der Waals surface area contributed by atoms with Gasteiger partial charge in [0.1, 0.15) is 5.75 Å². The van der Waals surface area contributed by atoms with Crippen LogP contribution >= 0.6 is 0 Å². The molecule has 17 heavy (non-hydrogen) atoms. The van der Waals surface area contributed by atoms with Gasteiger partial charge in [0.25, 0.3) is 0 Å². The summed E-state index contributed by atoms with van der Waals surface area (Å²) in [5.74, 6) is 0.992. The van der Waals surface area contributed by atoms with Crippen molar-refractivity contribution in [3.63, 3.8) is 0 Å². The number of ether oxygens (including phenoxy) is 1. The van der Waals surface area contributed by atoms with Crippen LogP contribution in [-0.4, -0.2) is 12.4 Å². The first-order valence-corrected chi connectivity index (χ1v) is 6.13. The zero-order valence-electron chi connectivity index (χ0n) is 11.3. The van der Waals surface area contributed by atoms with Crippen molar-refractivity contribution in [2.45, 2.75) is 40.0 Å². The molecule has 0 saturated heterocycles. The molecule has 0 fully saturated rings. The van der Waals surface area contributed by atoms with E-state index in [0.29, 0.717) is 6.61 Å². The number of aryl methyl sites for hydroxylation is 1. The fourth-order valence-electron chi connectivity index (χ4n) is 2.26. The van der Waals surface area contributed by atoms with E-state index in [-0.39, 0.29) is 17.1 Å². The first-order valence-electron chi connectivity index (χ1n) is 6.13. The lowest BCUT2D eigenvalue weighted by Crippen LogP contribution is -2.28. The van der Waals surface area contributed by atoms with Crippen molar-refractivity contribution in [2.75, 3.05) is 6.61 Å². The van der Waals surface area contributed by atoms with Gasteiger partial charge in [0.05, 0.1) is 18.1 Å². The number of carbonyl (C=O) groups is 1. The monoisotopic (exact) mass is 232 g/mol. The number of hydrogen-bond donors (Lipinski definition) is 0. The molecule has 0 radical (unpaired) electrons. The number of hydrogen-bond acceptors (Lipinski definition) is 2. The highest BCUT2D eigenvalue weighted by molar-refractivity contribution is 6.02. The molecule has 1 aromatic carbocycles. The van der Waals surface area contributed by atoms with Crippen molar-refractivity contribution < 1.29 is 9.53 Å². The van der Waals surface area contributed by atoms with E-state index in [1.807, 2.05) is 19.9 Å². The van der Waals surface area contributed by atoms with Gasteiger partial charge in [-0.3, -0.25) is 4.79 Å². The lowest BCUT2D eigenvalue weighted by molar-refractivity contribution is 0.0845. The van der Waals surface area contributed by atoms with Crippen molar-refractivity contribution in [2.24, 2.45) is 5.92 Å². The molecule has 1 heterocycles. The summed E-state index contributed by atoms with van der Waals surface area (Å²) < 4.78 is 5.82. The fraction of sp³-hybridized carbons (Fsp3) is 0.533. The van der Waals surface area contributed by atoms with Crippen LogP contribution in [0.3, 0.4) is 0 Å². The van der Waals surface area contributed by atoms with E-state index in [1.54, 1.807) is 0 Å². The minimum atomic E-state index is -0.0311. The molecule has 0 aliphatic carbocycles. The van der Waals surface area contributed by atoms with Crippen LogP contribution in [0.2, 0.25) is 0 Å². The van der Waals surface area contributed by atoms with Gasteiger partial charge in [-0.2, -0.15) is 0 Å². The first kappa shape index (κ1) is 12.2. The molecule has 0 N–H and O–H groups in total. The van der Waals surface area contributed by atoms with E-state index in [1.165, 1.54) is 0 Å². The summed E-state index contributed by atoms with van der Waals surface area (Å²) in [6.45, 7) is 10.8. The van der Waals surface area contributed by atoms with E-state index in [4.69, 9.17) is 4.74 Å². The van der Waals surface area contributed by atoms with Crippen LogP contribution in [0.15, 0.2) is 12.1 Å². The Hall–Kier alpha value is -1.31. The minimum Gasteiger partial charge on any atom is -0.492 e. The van der Waals surface area contributed by atoms with E-state index in [0.717, 1.165) is 22.4 Å². The van der Waals surface area contributed by atoms with Crippen molar-refractivity contribution in [3.8, 4) is 5.75 Å². The van der Waals surface area contributed by atoms with Gasteiger partial charge in [-0.05, 0) is 17.9 Å². The topological polar surface area (TPSA) is 26.3 Å². The molecule has 2 nitrogen and oxygen atoms in total. The number of fused-ring (bicyclic) bond motifs is 1. The second-order valence-corrected chi connectivity index (χ2v) is 5.96. The van der Waals surface area contributed by atoms with Gasteiger partial charge < -0.3 is 4.74 Å². The van der Waals surface area contributed by atoms with E-state index < -0.39 is 0 Å². The largest absolute Gasteiger partial charge is 0.492 e. The van der Waals surface area contributed by atoms with E-state index in [2.05, 4.69) is 26.8 Å². The van der Waals surface area contributed by atoms with Gasteiger partial charge in [-0.1, -0.05) is 39.8 Å². The summed E-state index contributed by atoms with van der Waals surface area (Å²) in [5.41, 5.74) is 2.93. The van der Waals surface area contributed by atoms with Gasteiger partial charge in [0.15, 0.2) is 5.78 Å². The SMILES string of the molecule is Cc1ccc(C(C)(C)C)c2c1C(=O)C(C)CO2. The predicted molar refractivity (Wildman–Crippen MR) is 68.9 cm³/mol. The molecule has 0 saturated carbocycles. The number of benzene rings is 1. The van der Waals surface area contributed by atoms with Crippen molar-refractivity contribution in [1.82, 2.24) is 0 Å². The van der Waals surface area contributed by atoms with Gasteiger partial charge in [0, 0.05) is 5.56 Å². The Kier molecular flexibility index (Phi) is 2.76. The molecule has 1 unspecified atom stereocenters. The van der Waals surface area contributed by atoms with E-state index in [9.17, 15) is 4.79 Å². The molecule has 0 aromatic heterocycles. The van der Waals surface area contributed by atoms with Crippen LogP contribution in [-0.2, 0) is 5.41 Å². The molecular weight excluding hydrogens is 212 g/mol. The molecule has 0 amide bonds. The normalized spacial score (nSPS) is 19.8. The molecule has 2 heteroatoms. The summed E-state index contributed by atoms with van der Waals surface area (Å²) >= 11 is 0. The second-order valence-electron chi connectivity index (χ2n) is 5.96. The summed E-state index contributed by atoms with van der Waals surface area (Å²) in [4.78, 5) is 12.2. The Balaban J connectivity index is 2.67. The van der Waals surface area contributed by atoms with Gasteiger partial charge in [-0.25, -0.2) is 0 Å². The Labute approximate surface area is 103 Å². The van der Waals surface area contributed by atoms with Gasteiger partial charge in [-0.15, -0.1) is 0 Å². The van der Waals surface area contributed by atoms with Gasteiger partial charge in [0.2, 0.25) is 0 Å². The van der Waals surface area contributed by atoms with Gasteiger partial charge >= 0.3 is 0 Å². The van der Waals surface area contributed by atoms with Crippen molar-refractivity contribution >= 4 is 5.78 Å². The zero-order chi connectivity index (χ0) is 12.8. The molecule has 92 valence electrons. The van der Waals surface area contributed by atoms with Crippen LogP contribution in [0.1, 0.15) is 49.2 Å². The predicted octanol–water partition coefficient (Wildman–Crippen LogP) is 3.50. The Morgan fingerprint density at radius 3 is 2.53 bits per heavy atom. The molecule has 1 atom stereocenters. The zero-order valence-corrected chi connectivity index (χ0v) is 11.3. The maximum absolute atomic E-state index is 12.2. The lowest BCUT2D eigenvalue weighted by Gasteiger charge is -2.30. The highest BCUT2D eigenvalue weighted by Crippen LogP contribution is 2.39. The summed E-state index contributed by atoms with van der Waals surface area (Å²) in [6.07, 6.45) is 0. The Morgan fingerprint density at radius 2 is 1.94 bits per heavy atom. The average Bonchev–Trinajstić information content (AvgIpc) is 2.21. The molecule has 1 aliphatic heterocycles. The van der Waals surface area contributed by atoms with Crippen LogP contribution in [0, 0.1) is 12.8 Å². The first-order chi connectivity index (χ1) is 7.82. The third kappa shape index (κ3) is 1.97. The third-order valence-electron chi connectivity index (χ3n) is 3.35. The fourth-order valence-corrected chi connectivity index (χ4v) is 2.26. The molecule has 2 rings (SSSR count). The van der Waals surface area contributed by atoms with E-state index >= 15 is 0 Å². The summed E-state index contributed by atoms with van der Waals surface area (Å²) in [5, 5.41) is 0. The third-order valence-corrected chi connectivity index (χ3v) is 3.35. The molecule has 0 spiro atoms. The Morgan fingerprint density at radius 1 is 1.29 bits per heavy atom. The van der Waals surface area contributed by atoms with Crippen LogP contribution < -0.4 is 4.74 Å². The molecular formula is C15H20O2. The van der Waals surface area contributed by atoms with Crippen molar-refractivity contribution in [3.05, 3.63) is 28.8 Å². The number of rotatable bonds is 0. The number of carbonyl (C=O) groups excluding carboxylic acids is 1. The second kappa shape index (κ2) is 3.86. The highest BCUT2D eigenvalue weighted by Gasteiger charge is 2.31. The molecule has 1 aromatic rings. The standard InChI is InChI=1S/C15H20O2/c1-9-6-7-11(15(3,4)5)14-12(9)13(16)10(2)8-17-14/h6-7,10H,8H2,1-5H3. The molecule has 0 bridgehead atoms. The molecule has 1 aliphatic rings. The van der Waals surface area contributed by atoms with Crippen molar-refractivity contribution in [1.29, 1.82) is 0 Å². The Bertz CT molecular complexity index is 467. The summed E-state index contributed by atoms with van der Waals surface area (Å²) in [7, 11) is 0. The van der Waals surface area contributed by atoms with Crippen LogP contribution in [0.5, 0.6) is 5.75 Å². The van der Waals surface area contributed by atoms with Crippen LogP contribution in [0.4, 0.5) is 0 Å². The lowest BCUT2D eigenvalue weighted by atomic mass is 9.81. The number of Topliss-reactive ketones (excluding diaryl/α,β-unsaturated/α-hetero) is 1. The maximum atomic E-state index is 12.2. The highest BCUT2D eigenvalue weighted by atomic mass is 16.5.